The molecular formula is C10H12BrClF2OS. The average Bonchev–Trinajstić information content (AvgIpc) is 2.54. The number of aryl methyl sites for hydroxylation is 1. The van der Waals surface area contributed by atoms with E-state index in [1.807, 2.05) is 13.0 Å². The van der Waals surface area contributed by atoms with Crippen LogP contribution in [-0.2, 0) is 4.74 Å². The molecule has 0 amide bonds. The van der Waals surface area contributed by atoms with E-state index in [1.165, 1.54) is 11.3 Å². The first-order valence-electron chi connectivity index (χ1n) is 4.76. The van der Waals surface area contributed by atoms with Gasteiger partial charge in [-0.25, -0.2) is 8.78 Å². The summed E-state index contributed by atoms with van der Waals surface area (Å²) in [7, 11) is 0. The molecule has 1 nitrogen and oxygen atoms in total. The van der Waals surface area contributed by atoms with Crippen molar-refractivity contribution in [3.8, 4) is 0 Å². The summed E-state index contributed by atoms with van der Waals surface area (Å²) in [5.41, 5.74) is 1.04. The van der Waals surface area contributed by atoms with Crippen molar-refractivity contribution in [1.29, 1.82) is 0 Å². The molecule has 0 N–H and O–H groups in total. The van der Waals surface area contributed by atoms with Gasteiger partial charge in [0.1, 0.15) is 6.61 Å². The van der Waals surface area contributed by atoms with E-state index in [-0.39, 0.29) is 4.83 Å². The van der Waals surface area contributed by atoms with E-state index >= 15 is 0 Å². The Labute approximate surface area is 111 Å². The van der Waals surface area contributed by atoms with E-state index in [9.17, 15) is 8.78 Å². The fourth-order valence-electron chi connectivity index (χ4n) is 1.14. The first kappa shape index (κ1) is 14.4. The van der Waals surface area contributed by atoms with E-state index in [0.717, 1.165) is 14.8 Å². The van der Waals surface area contributed by atoms with Crippen LogP contribution in [0.25, 0.3) is 0 Å². The minimum atomic E-state index is -2.40. The van der Waals surface area contributed by atoms with Crippen molar-refractivity contribution < 1.29 is 13.5 Å². The smallest absolute Gasteiger partial charge is 0.261 e. The summed E-state index contributed by atoms with van der Waals surface area (Å²) >= 11 is 10.9. The summed E-state index contributed by atoms with van der Waals surface area (Å²) in [5, 5.41) is 0. The molecule has 0 aliphatic carbocycles. The van der Waals surface area contributed by atoms with Crippen LogP contribution in [0.1, 0.15) is 21.7 Å². The third-order valence-corrected chi connectivity index (χ3v) is 4.87. The maximum atomic E-state index is 11.8. The van der Waals surface area contributed by atoms with Crippen LogP contribution < -0.4 is 0 Å². The minimum absolute atomic E-state index is 0.112. The molecule has 1 unspecified atom stereocenters. The fraction of sp³-hybridized carbons (Fsp3) is 0.600. The molecular weight excluding hydrogens is 322 g/mol. The zero-order chi connectivity index (χ0) is 12.1. The molecule has 0 aliphatic heterocycles. The van der Waals surface area contributed by atoms with Crippen LogP contribution in [0.3, 0.4) is 0 Å². The number of hydrogen-bond acceptors (Lipinski definition) is 2. The number of alkyl halides is 3. The Balaban J connectivity index is 2.32. The Bertz CT molecular complexity index is 313. The average molecular weight is 334 g/mol. The van der Waals surface area contributed by atoms with Gasteiger partial charge in [-0.2, -0.15) is 0 Å². The largest absolute Gasteiger partial charge is 0.375 e. The number of thiophene rings is 1. The van der Waals surface area contributed by atoms with Gasteiger partial charge >= 0.3 is 0 Å². The van der Waals surface area contributed by atoms with Crippen molar-refractivity contribution in [2.24, 2.45) is 0 Å². The number of halogens is 4. The third kappa shape index (κ3) is 4.65. The quantitative estimate of drug-likeness (QED) is 0.536. The highest BCUT2D eigenvalue weighted by Gasteiger charge is 2.12. The van der Waals surface area contributed by atoms with E-state index in [0.29, 0.717) is 13.0 Å². The maximum Gasteiger partial charge on any atom is 0.261 e. The van der Waals surface area contributed by atoms with Gasteiger partial charge in [-0.3, -0.25) is 0 Å². The lowest BCUT2D eigenvalue weighted by Crippen LogP contribution is -2.06. The summed E-state index contributed by atoms with van der Waals surface area (Å²) in [6.45, 7) is 1.76. The molecule has 1 aromatic heterocycles. The molecule has 0 aromatic carbocycles. The highest BCUT2D eigenvalue weighted by atomic mass is 79.9. The van der Waals surface area contributed by atoms with E-state index < -0.39 is 13.0 Å². The topological polar surface area (TPSA) is 9.23 Å². The second-order valence-electron chi connectivity index (χ2n) is 3.33. The molecule has 1 atom stereocenters. The van der Waals surface area contributed by atoms with Gasteiger partial charge in [-0.05, 0) is 25.0 Å². The Morgan fingerprint density at radius 2 is 2.25 bits per heavy atom. The minimum Gasteiger partial charge on any atom is -0.375 e. The Hall–Kier alpha value is 0.290. The van der Waals surface area contributed by atoms with Gasteiger partial charge in [0, 0.05) is 11.5 Å². The zero-order valence-corrected chi connectivity index (χ0v) is 11.8. The van der Waals surface area contributed by atoms with Gasteiger partial charge in [0.15, 0.2) is 0 Å². The van der Waals surface area contributed by atoms with Crippen LogP contribution >= 0.6 is 38.9 Å². The molecule has 1 heterocycles. The van der Waals surface area contributed by atoms with Gasteiger partial charge in [0.05, 0.1) is 9.16 Å². The lowest BCUT2D eigenvalue weighted by molar-refractivity contribution is 0.0168. The molecule has 0 saturated carbocycles. The van der Waals surface area contributed by atoms with Gasteiger partial charge < -0.3 is 4.74 Å². The summed E-state index contributed by atoms with van der Waals surface area (Å²) in [5.74, 6) is 0. The van der Waals surface area contributed by atoms with Crippen molar-refractivity contribution in [2.75, 3.05) is 13.2 Å². The van der Waals surface area contributed by atoms with Gasteiger partial charge in [0.25, 0.3) is 6.43 Å². The lowest BCUT2D eigenvalue weighted by Gasteiger charge is -2.07. The normalized spacial score (nSPS) is 13.4. The first-order valence-corrected chi connectivity index (χ1v) is 6.87. The molecule has 0 aliphatic rings. The SMILES string of the molecule is Cc1cc(C(Br)CCOCC(F)F)sc1Cl. The van der Waals surface area contributed by atoms with Gasteiger partial charge in [-0.1, -0.05) is 27.5 Å². The Morgan fingerprint density at radius 1 is 1.56 bits per heavy atom. The second kappa shape index (κ2) is 6.89. The van der Waals surface area contributed by atoms with Crippen LogP contribution in [0.2, 0.25) is 4.34 Å². The highest BCUT2D eigenvalue weighted by Crippen LogP contribution is 2.36. The van der Waals surface area contributed by atoms with Gasteiger partial charge in [0.2, 0.25) is 0 Å². The number of rotatable bonds is 6. The van der Waals surface area contributed by atoms with Crippen molar-refractivity contribution >= 4 is 38.9 Å². The lowest BCUT2D eigenvalue weighted by atomic mass is 10.2. The molecule has 0 bridgehead atoms. The molecule has 0 saturated heterocycles. The molecule has 16 heavy (non-hydrogen) atoms. The van der Waals surface area contributed by atoms with E-state index in [4.69, 9.17) is 16.3 Å². The predicted octanol–water partition coefficient (Wildman–Crippen LogP) is 4.82. The first-order chi connectivity index (χ1) is 7.50. The van der Waals surface area contributed by atoms with Crippen LogP contribution in [0, 0.1) is 6.92 Å². The maximum absolute atomic E-state index is 11.8. The predicted molar refractivity (Wildman–Crippen MR) is 67.2 cm³/mol. The summed E-state index contributed by atoms with van der Waals surface area (Å²) in [6, 6.07) is 2.00. The summed E-state index contributed by atoms with van der Waals surface area (Å²) < 4.78 is 29.2. The number of ether oxygens (including phenoxy) is 1. The van der Waals surface area contributed by atoms with Crippen LogP contribution in [0.15, 0.2) is 6.07 Å². The standard InChI is InChI=1S/C10H12BrClF2OS/c1-6-4-8(16-10(6)12)7(11)2-3-15-5-9(13)14/h4,7,9H,2-3,5H2,1H3. The molecule has 0 radical (unpaired) electrons. The van der Waals surface area contributed by atoms with Gasteiger partial charge in [-0.15, -0.1) is 11.3 Å². The molecule has 0 spiro atoms. The zero-order valence-electron chi connectivity index (χ0n) is 8.68. The van der Waals surface area contributed by atoms with Crippen molar-refractivity contribution in [3.63, 3.8) is 0 Å². The fourth-order valence-corrected chi connectivity index (χ4v) is 2.97. The van der Waals surface area contributed by atoms with E-state index in [1.54, 1.807) is 0 Å². The number of hydrogen-bond donors (Lipinski definition) is 0. The third-order valence-electron chi connectivity index (χ3n) is 1.94. The second-order valence-corrected chi connectivity index (χ2v) is 6.12. The van der Waals surface area contributed by atoms with E-state index in [2.05, 4.69) is 15.9 Å². The van der Waals surface area contributed by atoms with Crippen molar-refractivity contribution in [3.05, 3.63) is 20.8 Å². The molecule has 92 valence electrons. The van der Waals surface area contributed by atoms with Crippen molar-refractivity contribution in [2.45, 2.75) is 24.6 Å². The van der Waals surface area contributed by atoms with Crippen LogP contribution in [0.5, 0.6) is 0 Å². The van der Waals surface area contributed by atoms with Crippen LogP contribution in [-0.4, -0.2) is 19.6 Å². The van der Waals surface area contributed by atoms with Crippen LogP contribution in [0.4, 0.5) is 8.78 Å². The van der Waals surface area contributed by atoms with Crippen molar-refractivity contribution in [1.82, 2.24) is 0 Å². The molecule has 1 rings (SSSR count). The molecule has 6 heteroatoms. The molecule has 0 fully saturated rings. The Kier molecular flexibility index (Phi) is 6.18. The summed E-state index contributed by atoms with van der Waals surface area (Å²) in [6.07, 6.45) is -1.74. The molecule has 1 aromatic rings. The Morgan fingerprint density at radius 3 is 2.75 bits per heavy atom. The summed E-state index contributed by atoms with van der Waals surface area (Å²) in [4.78, 5) is 1.21. The monoisotopic (exact) mass is 332 g/mol. The highest BCUT2D eigenvalue weighted by molar-refractivity contribution is 9.09.